The molecule has 3 amide bonds. The van der Waals surface area contributed by atoms with Crippen molar-refractivity contribution in [3.63, 3.8) is 0 Å². The summed E-state index contributed by atoms with van der Waals surface area (Å²) >= 11 is -2.81. The Kier molecular flexibility index (Phi) is 14.4. The first-order valence-corrected chi connectivity index (χ1v) is 18.2. The van der Waals surface area contributed by atoms with Gasteiger partial charge in [-0.05, 0) is 52.8 Å². The van der Waals surface area contributed by atoms with Gasteiger partial charge in [0.05, 0.1) is 13.2 Å². The zero-order valence-corrected chi connectivity index (χ0v) is 30.4. The maximum Gasteiger partial charge on any atom is 0.251 e. The van der Waals surface area contributed by atoms with Crippen molar-refractivity contribution in [2.45, 2.75) is 77.7 Å². The van der Waals surface area contributed by atoms with Gasteiger partial charge < -0.3 is 19.9 Å². The van der Waals surface area contributed by atoms with Gasteiger partial charge in [0.25, 0.3) is 5.91 Å². The highest BCUT2D eigenvalue weighted by Crippen LogP contribution is 2.24. The molecule has 270 valence electrons. The second-order valence-corrected chi connectivity index (χ2v) is 14.0. The van der Waals surface area contributed by atoms with Gasteiger partial charge in [-0.1, -0.05) is 102 Å². The van der Waals surface area contributed by atoms with Gasteiger partial charge in [-0.3, -0.25) is 23.3 Å². The fraction of sp³-hybridized carbons (Fsp3) is 0.359. The van der Waals surface area contributed by atoms with Gasteiger partial charge in [0.15, 0.2) is 5.82 Å². The lowest BCUT2D eigenvalue weighted by molar-refractivity contribution is -0.126. The Balaban J connectivity index is 1.40. The molecule has 1 heterocycles. The van der Waals surface area contributed by atoms with Crippen molar-refractivity contribution in [1.82, 2.24) is 25.3 Å². The number of amides is 3. The van der Waals surface area contributed by atoms with E-state index in [1.165, 1.54) is 25.7 Å². The van der Waals surface area contributed by atoms with Crippen LogP contribution in [-0.2, 0) is 32.7 Å². The molecule has 4 rings (SSSR count). The van der Waals surface area contributed by atoms with Crippen molar-refractivity contribution < 1.29 is 27.9 Å². The molecule has 0 radical (unpaired) electrons. The number of carbonyl (C=O) groups is 3. The van der Waals surface area contributed by atoms with Crippen LogP contribution >= 0.6 is 0 Å². The first kappa shape index (κ1) is 38.9. The van der Waals surface area contributed by atoms with Crippen LogP contribution in [0.5, 0.6) is 5.75 Å². The topological polar surface area (TPSA) is 162 Å². The zero-order valence-electron chi connectivity index (χ0n) is 29.6. The average molecular weight is 713 g/mol. The molecule has 0 spiro atoms. The van der Waals surface area contributed by atoms with E-state index in [9.17, 15) is 23.1 Å². The molecule has 4 aromatic rings. The SMILES string of the molecule is CCCCCCCOc1ccc(-c2cnc(-c3ccc(C[C@H](NC(=O)c4ccc(C(C)(C)C)cc4)C(=O)NCC(=O)NS(=O)[O-])cc3)nc2)cc1. The second-order valence-electron chi connectivity index (χ2n) is 13.3. The Morgan fingerprint density at radius 3 is 2.06 bits per heavy atom. The number of nitrogens with one attached hydrogen (secondary N) is 3. The van der Waals surface area contributed by atoms with E-state index in [0.717, 1.165) is 40.0 Å². The van der Waals surface area contributed by atoms with Crippen molar-refractivity contribution in [3.05, 3.63) is 102 Å². The summed E-state index contributed by atoms with van der Waals surface area (Å²) in [6.45, 7) is 8.54. The number of aromatic nitrogens is 2. The summed E-state index contributed by atoms with van der Waals surface area (Å²) in [4.78, 5) is 47.3. The summed E-state index contributed by atoms with van der Waals surface area (Å²) < 4.78 is 29.1. The molecule has 3 aromatic carbocycles. The third kappa shape index (κ3) is 12.4. The van der Waals surface area contributed by atoms with E-state index in [4.69, 9.17) is 4.74 Å². The van der Waals surface area contributed by atoms with Gasteiger partial charge in [0, 0.05) is 46.8 Å². The first-order chi connectivity index (χ1) is 24.4. The fourth-order valence-corrected chi connectivity index (χ4v) is 5.54. The third-order valence-electron chi connectivity index (χ3n) is 8.26. The van der Waals surface area contributed by atoms with Gasteiger partial charge in [0.1, 0.15) is 11.8 Å². The Morgan fingerprint density at radius 2 is 1.45 bits per heavy atom. The number of rotatable bonds is 17. The first-order valence-electron chi connectivity index (χ1n) is 17.2. The van der Waals surface area contributed by atoms with E-state index >= 15 is 0 Å². The highest BCUT2D eigenvalue weighted by Gasteiger charge is 2.23. The number of hydrogen-bond donors (Lipinski definition) is 3. The van der Waals surface area contributed by atoms with Crippen LogP contribution in [-0.4, -0.2) is 55.6 Å². The van der Waals surface area contributed by atoms with E-state index in [0.29, 0.717) is 18.0 Å². The van der Waals surface area contributed by atoms with Crippen molar-refractivity contribution in [1.29, 1.82) is 0 Å². The molecule has 0 fully saturated rings. The van der Waals surface area contributed by atoms with Crippen LogP contribution in [0.4, 0.5) is 0 Å². The third-order valence-corrected chi connectivity index (χ3v) is 8.66. The lowest BCUT2D eigenvalue weighted by Crippen LogP contribution is -2.50. The minimum Gasteiger partial charge on any atom is -0.755 e. The molecular formula is C39H46N5O6S-. The Hall–Kier alpha value is -4.94. The minimum absolute atomic E-state index is 0.0975. The summed E-state index contributed by atoms with van der Waals surface area (Å²) in [5.74, 6) is -0.665. The molecule has 1 unspecified atom stereocenters. The maximum atomic E-state index is 13.2. The molecule has 1 aromatic heterocycles. The van der Waals surface area contributed by atoms with Crippen LogP contribution in [0.1, 0.15) is 81.3 Å². The van der Waals surface area contributed by atoms with Crippen LogP contribution in [0.2, 0.25) is 0 Å². The van der Waals surface area contributed by atoms with E-state index < -0.39 is 41.6 Å². The van der Waals surface area contributed by atoms with Crippen molar-refractivity contribution in [2.75, 3.05) is 13.2 Å². The summed E-state index contributed by atoms with van der Waals surface area (Å²) in [5.41, 5.74) is 4.66. The number of hydrogen-bond acceptors (Lipinski definition) is 8. The second kappa shape index (κ2) is 18.9. The molecule has 2 atom stereocenters. The van der Waals surface area contributed by atoms with E-state index in [1.807, 2.05) is 60.7 Å². The van der Waals surface area contributed by atoms with Crippen LogP contribution in [0.15, 0.2) is 85.2 Å². The number of carbonyl (C=O) groups excluding carboxylic acids is 3. The average Bonchev–Trinajstić information content (AvgIpc) is 3.12. The molecule has 0 aliphatic carbocycles. The molecule has 12 heteroatoms. The highest BCUT2D eigenvalue weighted by atomic mass is 32.2. The normalized spacial score (nSPS) is 12.4. The summed E-state index contributed by atoms with van der Waals surface area (Å²) in [6.07, 6.45) is 9.59. The fourth-order valence-electron chi connectivity index (χ4n) is 5.28. The van der Waals surface area contributed by atoms with Gasteiger partial charge in [-0.2, -0.15) is 0 Å². The zero-order chi connectivity index (χ0) is 36.8. The molecule has 0 aliphatic rings. The number of unbranched alkanes of at least 4 members (excludes halogenated alkanes) is 4. The monoisotopic (exact) mass is 712 g/mol. The molecule has 0 saturated heterocycles. The number of nitrogens with zero attached hydrogens (tertiary/aromatic N) is 2. The quantitative estimate of drug-likeness (QED) is 0.0911. The van der Waals surface area contributed by atoms with Crippen molar-refractivity contribution in [2.24, 2.45) is 0 Å². The molecule has 51 heavy (non-hydrogen) atoms. The van der Waals surface area contributed by atoms with E-state index in [1.54, 1.807) is 29.2 Å². The van der Waals surface area contributed by atoms with Gasteiger partial charge >= 0.3 is 0 Å². The molecule has 0 aliphatic heterocycles. The van der Waals surface area contributed by atoms with Gasteiger partial charge in [-0.15, -0.1) is 0 Å². The largest absolute Gasteiger partial charge is 0.755 e. The van der Waals surface area contributed by atoms with Crippen molar-refractivity contribution in [3.8, 4) is 28.3 Å². The van der Waals surface area contributed by atoms with Gasteiger partial charge in [0.2, 0.25) is 11.8 Å². The standard InChI is InChI=1S/C39H47N5O6S/c1-5-6-7-8-9-22-50-33-20-16-28(17-21-33)31-24-40-36(41-25-31)29-12-10-27(11-13-29)23-34(38(47)42-26-35(45)44-51(48)49)43-37(46)30-14-18-32(19-15-30)39(2,3)4/h10-21,24-25,34H,5-9,22-23,26H2,1-4H3,(H,42,47)(H,43,46)(H,44,45)(H,48,49)/p-1/t34-/m0/s1. The van der Waals surface area contributed by atoms with E-state index in [-0.39, 0.29) is 11.8 Å². The molecule has 11 nitrogen and oxygen atoms in total. The number of benzene rings is 3. The predicted molar refractivity (Wildman–Crippen MR) is 197 cm³/mol. The minimum atomic E-state index is -2.81. The van der Waals surface area contributed by atoms with Crippen LogP contribution in [0.3, 0.4) is 0 Å². The predicted octanol–water partition coefficient (Wildman–Crippen LogP) is 5.82. The Morgan fingerprint density at radius 1 is 0.824 bits per heavy atom. The Labute approximate surface area is 302 Å². The summed E-state index contributed by atoms with van der Waals surface area (Å²) in [6, 6.07) is 21.2. The lowest BCUT2D eigenvalue weighted by atomic mass is 9.86. The van der Waals surface area contributed by atoms with E-state index in [2.05, 4.69) is 48.3 Å². The highest BCUT2D eigenvalue weighted by molar-refractivity contribution is 7.77. The summed E-state index contributed by atoms with van der Waals surface area (Å²) in [7, 11) is 0. The molecular weight excluding hydrogens is 667 g/mol. The lowest BCUT2D eigenvalue weighted by Gasteiger charge is -2.21. The smallest absolute Gasteiger partial charge is 0.251 e. The van der Waals surface area contributed by atoms with Crippen LogP contribution < -0.4 is 20.1 Å². The molecule has 3 N–H and O–H groups in total. The molecule has 0 bridgehead atoms. The Bertz CT molecular complexity index is 1760. The number of ether oxygens (including phenoxy) is 1. The summed E-state index contributed by atoms with van der Waals surface area (Å²) in [5, 5.41) is 5.16. The van der Waals surface area contributed by atoms with Crippen LogP contribution in [0, 0.1) is 0 Å². The van der Waals surface area contributed by atoms with Crippen molar-refractivity contribution >= 4 is 29.0 Å². The van der Waals surface area contributed by atoms with Crippen LogP contribution in [0.25, 0.3) is 22.5 Å². The maximum absolute atomic E-state index is 13.2. The molecule has 0 saturated carbocycles. The van der Waals surface area contributed by atoms with Gasteiger partial charge in [-0.25, -0.2) is 9.97 Å².